The van der Waals surface area contributed by atoms with Crippen molar-refractivity contribution in [3.8, 4) is 5.88 Å². The molecule has 12 heavy (non-hydrogen) atoms. The molecule has 0 aliphatic carbocycles. The van der Waals surface area contributed by atoms with Crippen LogP contribution in [0.3, 0.4) is 0 Å². The summed E-state index contributed by atoms with van der Waals surface area (Å²) in [4.78, 5) is 7.77. The largest absolute Gasteiger partial charge is 0.481 e. The Hall–Kier alpha value is -1.36. The van der Waals surface area contributed by atoms with Gasteiger partial charge in [-0.3, -0.25) is 0 Å². The van der Waals surface area contributed by atoms with Gasteiger partial charge in [0.2, 0.25) is 11.8 Å². The van der Waals surface area contributed by atoms with Crippen LogP contribution >= 0.6 is 0 Å². The second kappa shape index (κ2) is 3.87. The lowest BCUT2D eigenvalue weighted by atomic mass is 10.3. The van der Waals surface area contributed by atoms with Gasteiger partial charge in [0.25, 0.3) is 0 Å². The monoisotopic (exact) mass is 168 g/mol. The maximum Gasteiger partial charge on any atom is 0.223 e. The van der Waals surface area contributed by atoms with E-state index in [0.29, 0.717) is 12.4 Å². The van der Waals surface area contributed by atoms with E-state index in [1.165, 1.54) is 0 Å². The van der Waals surface area contributed by atoms with Crippen LogP contribution in [0.15, 0.2) is 6.20 Å². The first-order valence-electron chi connectivity index (χ1n) is 3.58. The lowest BCUT2D eigenvalue weighted by Crippen LogP contribution is -2.09. The molecule has 66 valence electrons. The Morgan fingerprint density at radius 3 is 3.00 bits per heavy atom. The molecule has 1 aromatic heterocycles. The van der Waals surface area contributed by atoms with E-state index >= 15 is 0 Å². The third-order valence-corrected chi connectivity index (χ3v) is 1.40. The van der Waals surface area contributed by atoms with E-state index in [-0.39, 0.29) is 5.95 Å². The summed E-state index contributed by atoms with van der Waals surface area (Å²) < 4.78 is 5.01. The number of anilines is 1. The van der Waals surface area contributed by atoms with Gasteiger partial charge in [-0.25, -0.2) is 4.98 Å². The van der Waals surface area contributed by atoms with E-state index in [0.717, 1.165) is 5.56 Å². The standard InChI is InChI=1S/C7H12N4O/c1-9-3-5-4-10-7(8)11-6(5)12-2/h4,9H,3H2,1-2H3,(H2,8,10,11). The van der Waals surface area contributed by atoms with Crippen molar-refractivity contribution in [1.82, 2.24) is 15.3 Å². The Bertz CT molecular complexity index is 264. The van der Waals surface area contributed by atoms with Gasteiger partial charge in [0, 0.05) is 18.3 Å². The summed E-state index contributed by atoms with van der Waals surface area (Å²) in [6, 6.07) is 0. The predicted molar refractivity (Wildman–Crippen MR) is 45.8 cm³/mol. The smallest absolute Gasteiger partial charge is 0.223 e. The summed E-state index contributed by atoms with van der Waals surface area (Å²) in [6.45, 7) is 0.670. The fourth-order valence-corrected chi connectivity index (χ4v) is 0.892. The molecule has 0 fully saturated rings. The third kappa shape index (κ3) is 1.82. The molecule has 0 unspecified atom stereocenters. The predicted octanol–water partition coefficient (Wildman–Crippen LogP) is -0.213. The molecule has 5 nitrogen and oxygen atoms in total. The second-order valence-corrected chi connectivity index (χ2v) is 2.29. The van der Waals surface area contributed by atoms with Gasteiger partial charge in [0.1, 0.15) is 0 Å². The summed E-state index contributed by atoms with van der Waals surface area (Å²) >= 11 is 0. The quantitative estimate of drug-likeness (QED) is 0.653. The van der Waals surface area contributed by atoms with Gasteiger partial charge in [0.15, 0.2) is 0 Å². The molecule has 0 saturated heterocycles. The van der Waals surface area contributed by atoms with E-state index in [4.69, 9.17) is 10.5 Å². The first-order valence-corrected chi connectivity index (χ1v) is 3.58. The number of nitrogen functional groups attached to an aromatic ring is 1. The Morgan fingerprint density at radius 2 is 2.42 bits per heavy atom. The zero-order valence-corrected chi connectivity index (χ0v) is 7.16. The van der Waals surface area contributed by atoms with Crippen LogP contribution in [0.5, 0.6) is 5.88 Å². The Kier molecular flexibility index (Phi) is 2.82. The average molecular weight is 168 g/mol. The van der Waals surface area contributed by atoms with E-state index in [2.05, 4.69) is 15.3 Å². The molecule has 5 heteroatoms. The molecule has 0 spiro atoms. The highest BCUT2D eigenvalue weighted by atomic mass is 16.5. The van der Waals surface area contributed by atoms with Crippen LogP contribution in [0.1, 0.15) is 5.56 Å². The van der Waals surface area contributed by atoms with Gasteiger partial charge < -0.3 is 15.8 Å². The molecule has 0 atom stereocenters. The third-order valence-electron chi connectivity index (χ3n) is 1.40. The average Bonchev–Trinajstić information content (AvgIpc) is 2.08. The SMILES string of the molecule is CNCc1cnc(N)nc1OC. The molecule has 3 N–H and O–H groups in total. The number of hydrogen-bond acceptors (Lipinski definition) is 5. The number of rotatable bonds is 3. The summed E-state index contributed by atoms with van der Waals surface area (Å²) in [5, 5.41) is 2.98. The Balaban J connectivity index is 2.94. The Labute approximate surface area is 71.0 Å². The van der Waals surface area contributed by atoms with Gasteiger partial charge in [0.05, 0.1) is 7.11 Å². The number of methoxy groups -OCH3 is 1. The normalized spacial score (nSPS) is 9.83. The summed E-state index contributed by atoms with van der Waals surface area (Å²) in [7, 11) is 3.40. The van der Waals surface area contributed by atoms with E-state index < -0.39 is 0 Å². The zero-order chi connectivity index (χ0) is 8.97. The van der Waals surface area contributed by atoms with E-state index in [1.54, 1.807) is 13.3 Å². The van der Waals surface area contributed by atoms with Crippen LogP contribution < -0.4 is 15.8 Å². The van der Waals surface area contributed by atoms with Gasteiger partial charge in [-0.05, 0) is 7.05 Å². The fraction of sp³-hybridized carbons (Fsp3) is 0.429. The molecular weight excluding hydrogens is 156 g/mol. The highest BCUT2D eigenvalue weighted by molar-refractivity contribution is 5.29. The number of ether oxygens (including phenoxy) is 1. The number of hydrogen-bond donors (Lipinski definition) is 2. The van der Waals surface area contributed by atoms with Gasteiger partial charge in [-0.15, -0.1) is 0 Å². The lowest BCUT2D eigenvalue weighted by Gasteiger charge is -2.05. The molecule has 0 aliphatic rings. The molecule has 1 aromatic rings. The van der Waals surface area contributed by atoms with Crippen molar-refractivity contribution in [3.05, 3.63) is 11.8 Å². The molecule has 1 rings (SSSR count). The molecular formula is C7H12N4O. The minimum atomic E-state index is 0.228. The second-order valence-electron chi connectivity index (χ2n) is 2.29. The van der Waals surface area contributed by atoms with Crippen molar-refractivity contribution in [2.45, 2.75) is 6.54 Å². The van der Waals surface area contributed by atoms with Crippen LogP contribution in [0.4, 0.5) is 5.95 Å². The van der Waals surface area contributed by atoms with Crippen molar-refractivity contribution >= 4 is 5.95 Å². The highest BCUT2D eigenvalue weighted by Crippen LogP contribution is 2.13. The molecule has 0 aromatic carbocycles. The van der Waals surface area contributed by atoms with E-state index in [9.17, 15) is 0 Å². The van der Waals surface area contributed by atoms with Crippen LogP contribution in [0.2, 0.25) is 0 Å². The molecule has 0 bridgehead atoms. The van der Waals surface area contributed by atoms with Gasteiger partial charge in [-0.1, -0.05) is 0 Å². The van der Waals surface area contributed by atoms with Crippen LogP contribution in [-0.2, 0) is 6.54 Å². The number of nitrogens with one attached hydrogen (secondary N) is 1. The minimum absolute atomic E-state index is 0.228. The molecule has 0 aliphatic heterocycles. The van der Waals surface area contributed by atoms with Crippen LogP contribution in [0.25, 0.3) is 0 Å². The number of nitrogens with two attached hydrogens (primary N) is 1. The first kappa shape index (κ1) is 8.73. The molecule has 1 heterocycles. The maximum absolute atomic E-state index is 5.38. The Morgan fingerprint density at radius 1 is 1.67 bits per heavy atom. The van der Waals surface area contributed by atoms with Crippen LogP contribution in [0, 0.1) is 0 Å². The number of aromatic nitrogens is 2. The topological polar surface area (TPSA) is 73.1 Å². The summed E-state index contributed by atoms with van der Waals surface area (Å²) in [5.74, 6) is 0.753. The van der Waals surface area contributed by atoms with Crippen molar-refractivity contribution in [2.75, 3.05) is 19.9 Å². The fourth-order valence-electron chi connectivity index (χ4n) is 0.892. The minimum Gasteiger partial charge on any atom is -0.481 e. The van der Waals surface area contributed by atoms with Gasteiger partial charge in [-0.2, -0.15) is 4.98 Å². The molecule has 0 saturated carbocycles. The van der Waals surface area contributed by atoms with Gasteiger partial charge >= 0.3 is 0 Å². The van der Waals surface area contributed by atoms with Crippen LogP contribution in [-0.4, -0.2) is 24.1 Å². The molecule has 0 amide bonds. The molecule has 0 radical (unpaired) electrons. The van der Waals surface area contributed by atoms with Crippen molar-refractivity contribution in [3.63, 3.8) is 0 Å². The van der Waals surface area contributed by atoms with Crippen molar-refractivity contribution in [2.24, 2.45) is 0 Å². The lowest BCUT2D eigenvalue weighted by molar-refractivity contribution is 0.391. The first-order chi connectivity index (χ1) is 5.77. The van der Waals surface area contributed by atoms with Crippen molar-refractivity contribution < 1.29 is 4.74 Å². The highest BCUT2D eigenvalue weighted by Gasteiger charge is 2.03. The summed E-state index contributed by atoms with van der Waals surface area (Å²) in [6.07, 6.45) is 1.65. The number of nitrogens with zero attached hydrogens (tertiary/aromatic N) is 2. The van der Waals surface area contributed by atoms with E-state index in [1.807, 2.05) is 7.05 Å². The summed E-state index contributed by atoms with van der Waals surface area (Å²) in [5.41, 5.74) is 6.27. The van der Waals surface area contributed by atoms with Crippen molar-refractivity contribution in [1.29, 1.82) is 0 Å². The zero-order valence-electron chi connectivity index (χ0n) is 7.16. The maximum atomic E-state index is 5.38.